The van der Waals surface area contributed by atoms with Crippen LogP contribution in [0.1, 0.15) is 104 Å². The maximum atomic E-state index is 12.7. The highest BCUT2D eigenvalue weighted by Crippen LogP contribution is 2.54. The van der Waals surface area contributed by atoms with E-state index in [1.165, 1.54) is 77.0 Å². The van der Waals surface area contributed by atoms with Gasteiger partial charge in [-0.15, -0.1) is 0 Å². The summed E-state index contributed by atoms with van der Waals surface area (Å²) >= 11 is 0. The van der Waals surface area contributed by atoms with Crippen molar-refractivity contribution in [3.63, 3.8) is 0 Å². The first-order chi connectivity index (χ1) is 14.6. The molecule has 174 valence electrons. The Morgan fingerprint density at radius 3 is 1.97 bits per heavy atom. The summed E-state index contributed by atoms with van der Waals surface area (Å²) in [5.74, 6) is -0.344. The van der Waals surface area contributed by atoms with E-state index >= 15 is 0 Å². The van der Waals surface area contributed by atoms with E-state index in [1.807, 2.05) is 0 Å². The molecule has 1 saturated heterocycles. The molecule has 0 spiro atoms. The minimum absolute atomic E-state index is 0.119. The van der Waals surface area contributed by atoms with Crippen molar-refractivity contribution < 1.29 is 27.7 Å². The largest absolute Gasteiger partial charge is 0.529 e. The summed E-state index contributed by atoms with van der Waals surface area (Å²) in [7, 11) is -3.65. The normalized spacial score (nSPS) is 23.8. The van der Waals surface area contributed by atoms with Crippen LogP contribution in [0.2, 0.25) is 0 Å². The van der Waals surface area contributed by atoms with Gasteiger partial charge < -0.3 is 9.26 Å². The molecule has 0 amide bonds. The Morgan fingerprint density at radius 1 is 0.867 bits per heavy atom. The second-order valence-electron chi connectivity index (χ2n) is 8.53. The Labute approximate surface area is 182 Å². The first kappa shape index (κ1) is 25.4. The van der Waals surface area contributed by atoms with Crippen molar-refractivity contribution in [2.24, 2.45) is 5.92 Å². The molecule has 0 aromatic heterocycles. The van der Waals surface area contributed by atoms with Gasteiger partial charge in [0.1, 0.15) is 12.4 Å². The molecule has 0 radical (unpaired) electrons. The summed E-state index contributed by atoms with van der Waals surface area (Å²) in [4.78, 5) is 11.7. The third kappa shape index (κ3) is 9.11. The van der Waals surface area contributed by atoms with Crippen LogP contribution in [0.4, 0.5) is 0 Å². The van der Waals surface area contributed by atoms with E-state index in [1.54, 1.807) is 6.92 Å². The molecule has 2 aliphatic rings. The highest BCUT2D eigenvalue weighted by atomic mass is 31.2. The topological polar surface area (TPSA) is 71.1 Å². The minimum atomic E-state index is -3.65. The monoisotopic (exact) mass is 444 g/mol. The van der Waals surface area contributed by atoms with Crippen molar-refractivity contribution in [1.82, 2.24) is 0 Å². The number of allylic oxidation sites excluding steroid dienone is 1. The summed E-state index contributed by atoms with van der Waals surface area (Å²) in [6.07, 6.45) is 18.0. The Balaban J connectivity index is 1.45. The van der Waals surface area contributed by atoms with Gasteiger partial charge in [-0.05, 0) is 13.3 Å². The first-order valence-corrected chi connectivity index (χ1v) is 13.5. The molecule has 0 N–H and O–H groups in total. The number of rotatable bonds is 16. The van der Waals surface area contributed by atoms with Crippen molar-refractivity contribution in [2.75, 3.05) is 19.8 Å². The van der Waals surface area contributed by atoms with E-state index < -0.39 is 13.8 Å². The van der Waals surface area contributed by atoms with Gasteiger partial charge >= 0.3 is 13.8 Å². The lowest BCUT2D eigenvalue weighted by atomic mass is 10.0. The number of carbonyl (C=O) groups excluding carboxylic acids is 1. The predicted molar refractivity (Wildman–Crippen MR) is 118 cm³/mol. The zero-order valence-corrected chi connectivity index (χ0v) is 19.9. The molecule has 0 bridgehead atoms. The lowest BCUT2D eigenvalue weighted by Gasteiger charge is -2.17. The molecule has 1 fully saturated rings. The van der Waals surface area contributed by atoms with Crippen LogP contribution in [-0.2, 0) is 27.7 Å². The second-order valence-corrected chi connectivity index (χ2v) is 10.1. The molecular formula is C23H41O6P. The molecular weight excluding hydrogens is 403 g/mol. The second kappa shape index (κ2) is 14.3. The van der Waals surface area contributed by atoms with Gasteiger partial charge in [-0.1, -0.05) is 90.4 Å². The summed E-state index contributed by atoms with van der Waals surface area (Å²) in [6, 6.07) is 0. The van der Waals surface area contributed by atoms with E-state index in [2.05, 4.69) is 6.92 Å². The zero-order chi connectivity index (χ0) is 21.7. The van der Waals surface area contributed by atoms with Gasteiger partial charge in [0.25, 0.3) is 0 Å². The van der Waals surface area contributed by atoms with Crippen LogP contribution in [0.3, 0.4) is 0 Å². The fraction of sp³-hybridized carbons (Fsp3) is 0.870. The van der Waals surface area contributed by atoms with Crippen molar-refractivity contribution in [2.45, 2.75) is 104 Å². The van der Waals surface area contributed by atoms with Crippen LogP contribution in [0.25, 0.3) is 0 Å². The summed E-state index contributed by atoms with van der Waals surface area (Å²) in [5.41, 5.74) is 0.424. The maximum Gasteiger partial charge on any atom is 0.529 e. The fourth-order valence-corrected chi connectivity index (χ4v) is 5.36. The lowest BCUT2D eigenvalue weighted by Crippen LogP contribution is -2.10. The number of esters is 1. The zero-order valence-electron chi connectivity index (χ0n) is 19.0. The van der Waals surface area contributed by atoms with Gasteiger partial charge in [-0.25, -0.2) is 9.36 Å². The number of phosphoric ester groups is 1. The standard InChI is InChI=1S/C23H41O6P/c1-3-4-5-6-7-8-9-10-11-12-13-14-15-16-17-27-30(25)28-19-21-18-26-23(24)22(21)20(2)29-30/h21H,3-19H2,1-2H3/t21-,30?/m1/s1. The van der Waals surface area contributed by atoms with E-state index in [4.69, 9.17) is 18.3 Å². The highest BCUT2D eigenvalue weighted by molar-refractivity contribution is 7.48. The number of hydrogen-bond donors (Lipinski definition) is 0. The number of ether oxygens (including phenoxy) is 1. The van der Waals surface area contributed by atoms with Gasteiger partial charge in [0.15, 0.2) is 0 Å². The lowest BCUT2D eigenvalue weighted by molar-refractivity contribution is -0.135. The van der Waals surface area contributed by atoms with Gasteiger partial charge in [0.05, 0.1) is 24.7 Å². The Kier molecular flexibility index (Phi) is 12.1. The summed E-state index contributed by atoms with van der Waals surface area (Å²) < 4.78 is 33.9. The smallest absolute Gasteiger partial charge is 0.461 e. The number of phosphoric acid groups is 1. The molecule has 2 rings (SSSR count). The number of unbranched alkanes of at least 4 members (excludes halogenated alkanes) is 13. The molecule has 2 heterocycles. The molecule has 6 nitrogen and oxygen atoms in total. The average Bonchev–Trinajstić information content (AvgIpc) is 3.04. The van der Waals surface area contributed by atoms with E-state index in [0.29, 0.717) is 17.9 Å². The number of fused-ring (bicyclic) bond motifs is 1. The third-order valence-electron chi connectivity index (χ3n) is 5.85. The Hall–Kier alpha value is -0.840. The molecule has 30 heavy (non-hydrogen) atoms. The number of cyclic esters (lactones) is 1. The van der Waals surface area contributed by atoms with E-state index in [9.17, 15) is 9.36 Å². The number of hydrogen-bond acceptors (Lipinski definition) is 6. The quantitative estimate of drug-likeness (QED) is 0.144. The Morgan fingerprint density at radius 2 is 1.40 bits per heavy atom. The van der Waals surface area contributed by atoms with Gasteiger partial charge in [0, 0.05) is 0 Å². The van der Waals surface area contributed by atoms with Crippen LogP contribution in [0.5, 0.6) is 0 Å². The maximum absolute atomic E-state index is 12.7. The molecule has 0 aliphatic carbocycles. The first-order valence-electron chi connectivity index (χ1n) is 12.0. The SMILES string of the molecule is CCCCCCCCCCCCCCCCOP1(=O)OC[C@H]2COC(=O)C2=C(C)O1. The van der Waals surface area contributed by atoms with Crippen molar-refractivity contribution >= 4 is 13.8 Å². The van der Waals surface area contributed by atoms with E-state index in [0.717, 1.165) is 12.8 Å². The van der Waals surface area contributed by atoms with Gasteiger partial charge in [-0.3, -0.25) is 9.05 Å². The van der Waals surface area contributed by atoms with Gasteiger partial charge in [0.2, 0.25) is 0 Å². The van der Waals surface area contributed by atoms with Crippen LogP contribution in [0.15, 0.2) is 11.3 Å². The Bertz CT molecular complexity index is 588. The highest BCUT2D eigenvalue weighted by Gasteiger charge is 2.42. The number of carbonyl (C=O) groups is 1. The van der Waals surface area contributed by atoms with Crippen LogP contribution in [0, 0.1) is 5.92 Å². The molecule has 7 heteroatoms. The van der Waals surface area contributed by atoms with Crippen molar-refractivity contribution in [3.8, 4) is 0 Å². The van der Waals surface area contributed by atoms with E-state index in [-0.39, 0.29) is 19.1 Å². The predicted octanol–water partition coefficient (Wildman–Crippen LogP) is 7.09. The van der Waals surface area contributed by atoms with Crippen LogP contribution >= 0.6 is 7.82 Å². The van der Waals surface area contributed by atoms with Gasteiger partial charge in [-0.2, -0.15) is 0 Å². The molecule has 0 aromatic carbocycles. The molecule has 0 saturated carbocycles. The molecule has 1 unspecified atom stereocenters. The third-order valence-corrected chi connectivity index (χ3v) is 7.31. The van der Waals surface area contributed by atoms with Crippen LogP contribution in [-0.4, -0.2) is 25.8 Å². The summed E-state index contributed by atoms with van der Waals surface area (Å²) in [5, 5.41) is 0. The average molecular weight is 445 g/mol. The van der Waals surface area contributed by atoms with Crippen LogP contribution < -0.4 is 0 Å². The molecule has 0 aromatic rings. The fourth-order valence-electron chi connectivity index (χ4n) is 4.03. The molecule has 2 aliphatic heterocycles. The minimum Gasteiger partial charge on any atom is -0.461 e. The van der Waals surface area contributed by atoms with Crippen molar-refractivity contribution in [1.29, 1.82) is 0 Å². The summed E-state index contributed by atoms with van der Waals surface area (Å²) in [6.45, 7) is 4.58. The molecule has 2 atom stereocenters. The van der Waals surface area contributed by atoms with Crippen molar-refractivity contribution in [3.05, 3.63) is 11.3 Å².